The first-order chi connectivity index (χ1) is 3.46. The van der Waals surface area contributed by atoms with Crippen molar-refractivity contribution in [2.24, 2.45) is 17.2 Å². The second-order valence-corrected chi connectivity index (χ2v) is 1.96. The minimum Gasteiger partial charge on any atom is -0.385 e. The molecular weight excluding hydrogens is 146 g/mol. The van der Waals surface area contributed by atoms with Crippen molar-refractivity contribution in [3.05, 3.63) is 0 Å². The van der Waals surface area contributed by atoms with Crippen LogP contribution in [0.4, 0.5) is 4.79 Å². The molecule has 0 aliphatic carbocycles. The lowest BCUT2D eigenvalue weighted by Crippen LogP contribution is -2.18. The number of carbonyl (C=O) groups excluding carboxylic acids is 1. The van der Waals surface area contributed by atoms with Crippen molar-refractivity contribution < 1.29 is 4.79 Å². The topological polar surface area (TPSA) is 95.1 Å². The molecule has 0 heterocycles. The Morgan fingerprint density at radius 2 is 1.38 bits per heavy atom. The average Bonchev–Trinajstić information content (AvgIpc) is 1.25. The number of rotatable bonds is 0. The van der Waals surface area contributed by atoms with Gasteiger partial charge in [-0.15, -0.1) is 12.6 Å². The monoisotopic (exact) mass is 153 g/mol. The van der Waals surface area contributed by atoms with Crippen molar-refractivity contribution in [2.75, 3.05) is 0 Å². The number of primary amides is 2. The van der Waals surface area contributed by atoms with E-state index in [4.69, 9.17) is 10.5 Å². The van der Waals surface area contributed by atoms with Crippen LogP contribution < -0.4 is 17.2 Å². The summed E-state index contributed by atoms with van der Waals surface area (Å²) in [5.41, 5.74) is 13.2. The molecule has 0 aromatic carbocycles. The number of nitrogens with two attached hydrogens (primary N) is 3. The zero-order valence-corrected chi connectivity index (χ0v) is 5.71. The van der Waals surface area contributed by atoms with Crippen LogP contribution >= 0.6 is 24.8 Å². The highest BCUT2D eigenvalue weighted by molar-refractivity contribution is 8.10. The third-order valence-corrected chi connectivity index (χ3v) is 0. The average molecular weight is 153 g/mol. The molecule has 0 aromatic rings. The molecule has 0 aliphatic rings. The number of hydrogen-bond donors (Lipinski definition) is 4. The highest BCUT2D eigenvalue weighted by Crippen LogP contribution is 1.63. The zero-order valence-electron chi connectivity index (χ0n) is 4.00. The maximum atomic E-state index is 9.00. The van der Waals surface area contributed by atoms with Gasteiger partial charge in [0.05, 0.1) is 0 Å². The van der Waals surface area contributed by atoms with Gasteiger partial charge in [-0.2, -0.15) is 0 Å². The number of urea groups is 1. The molecule has 0 fully saturated rings. The van der Waals surface area contributed by atoms with Gasteiger partial charge in [0.15, 0.2) is 0 Å². The van der Waals surface area contributed by atoms with Gasteiger partial charge < -0.3 is 17.2 Å². The molecule has 0 saturated heterocycles. The van der Waals surface area contributed by atoms with Crippen molar-refractivity contribution in [1.82, 2.24) is 0 Å². The van der Waals surface area contributed by atoms with E-state index in [2.05, 4.69) is 36.3 Å². The molecule has 48 valence electrons. The van der Waals surface area contributed by atoms with Crippen molar-refractivity contribution in [3.63, 3.8) is 0 Å². The van der Waals surface area contributed by atoms with E-state index in [0.29, 0.717) is 0 Å². The van der Waals surface area contributed by atoms with Gasteiger partial charge in [0.2, 0.25) is 0 Å². The second-order valence-electron chi connectivity index (χ2n) is 0.741. The molecule has 0 atom stereocenters. The van der Waals surface area contributed by atoms with Gasteiger partial charge in [0.25, 0.3) is 0 Å². The molecule has 0 spiro atoms. The number of hydrogen-bond acceptors (Lipinski definition) is 2. The van der Waals surface area contributed by atoms with Gasteiger partial charge in [0, 0.05) is 0 Å². The fraction of sp³-hybridized carbons (Fsp3) is 0. The van der Waals surface area contributed by atoms with Crippen molar-refractivity contribution in [1.29, 1.82) is 0 Å². The molecular formula is C2H7N3OS2. The maximum absolute atomic E-state index is 9.00. The number of thiocarbonyl (C=S) groups is 1. The molecule has 0 rings (SSSR count). The van der Waals surface area contributed by atoms with Gasteiger partial charge in [-0.05, 0) is 0 Å². The summed E-state index contributed by atoms with van der Waals surface area (Å²) in [6.07, 6.45) is 0. The van der Waals surface area contributed by atoms with E-state index in [-0.39, 0.29) is 4.32 Å². The van der Waals surface area contributed by atoms with Crippen LogP contribution in [0.1, 0.15) is 0 Å². The lowest BCUT2D eigenvalue weighted by atomic mass is 11.2. The van der Waals surface area contributed by atoms with Gasteiger partial charge in [0.1, 0.15) is 4.32 Å². The Morgan fingerprint density at radius 3 is 1.38 bits per heavy atom. The first-order valence-corrected chi connectivity index (χ1v) is 2.35. The smallest absolute Gasteiger partial charge is 0.309 e. The van der Waals surface area contributed by atoms with Crippen LogP contribution in [-0.4, -0.2) is 10.4 Å². The van der Waals surface area contributed by atoms with E-state index in [0.717, 1.165) is 0 Å². The molecule has 6 N–H and O–H groups in total. The largest absolute Gasteiger partial charge is 0.385 e. The first-order valence-electron chi connectivity index (χ1n) is 1.50. The van der Waals surface area contributed by atoms with E-state index >= 15 is 0 Å². The molecule has 6 heteroatoms. The van der Waals surface area contributed by atoms with Crippen LogP contribution in [0.15, 0.2) is 0 Å². The first kappa shape index (κ1) is 10.5. The molecule has 0 aromatic heterocycles. The molecule has 0 saturated carbocycles. The van der Waals surface area contributed by atoms with Gasteiger partial charge in [-0.1, -0.05) is 12.2 Å². The van der Waals surface area contributed by atoms with E-state index in [9.17, 15) is 0 Å². The molecule has 0 aliphatic heterocycles. The minimum atomic E-state index is -0.833. The summed E-state index contributed by atoms with van der Waals surface area (Å²) >= 11 is 7.65. The Hall–Kier alpha value is -0.490. The number of thiol groups is 1. The Labute approximate surface area is 57.8 Å². The normalized spacial score (nSPS) is 6.12. The van der Waals surface area contributed by atoms with Crippen molar-refractivity contribution >= 4 is 35.2 Å². The summed E-state index contributed by atoms with van der Waals surface area (Å²) in [7, 11) is 0. The van der Waals surface area contributed by atoms with Crippen molar-refractivity contribution in [3.8, 4) is 0 Å². The number of carbonyl (C=O) groups is 1. The fourth-order valence-electron chi connectivity index (χ4n) is 0. The Kier molecular flexibility index (Phi) is 8.53. The molecule has 0 unspecified atom stereocenters. The summed E-state index contributed by atoms with van der Waals surface area (Å²) in [6.45, 7) is 0. The summed E-state index contributed by atoms with van der Waals surface area (Å²) in [6, 6.07) is -0.833. The summed E-state index contributed by atoms with van der Waals surface area (Å²) in [5, 5.41) is 0. The molecule has 4 nitrogen and oxygen atoms in total. The van der Waals surface area contributed by atoms with Gasteiger partial charge >= 0.3 is 6.03 Å². The molecule has 8 heavy (non-hydrogen) atoms. The SMILES string of the molecule is NC(=S)S.NC(N)=O. The molecule has 0 bridgehead atoms. The quantitative estimate of drug-likeness (QED) is 0.270. The van der Waals surface area contributed by atoms with Crippen molar-refractivity contribution in [2.45, 2.75) is 0 Å². The Bertz CT molecular complexity index is 73.3. The van der Waals surface area contributed by atoms with E-state index in [1.54, 1.807) is 0 Å². The third-order valence-electron chi connectivity index (χ3n) is 0. The lowest BCUT2D eigenvalue weighted by Gasteiger charge is -1.64. The van der Waals surface area contributed by atoms with E-state index in [1.165, 1.54) is 0 Å². The lowest BCUT2D eigenvalue weighted by molar-refractivity contribution is 0.256. The van der Waals surface area contributed by atoms with Gasteiger partial charge in [-0.25, -0.2) is 4.79 Å². The third kappa shape index (κ3) is 467. The van der Waals surface area contributed by atoms with Crippen LogP contribution in [0.3, 0.4) is 0 Å². The molecule has 2 amide bonds. The summed E-state index contributed by atoms with van der Waals surface area (Å²) in [5.74, 6) is 0. The van der Waals surface area contributed by atoms with Crippen LogP contribution in [0.25, 0.3) is 0 Å². The highest BCUT2D eigenvalue weighted by Gasteiger charge is 1.60. The predicted molar refractivity (Wildman–Crippen MR) is 39.5 cm³/mol. The predicted octanol–water partition coefficient (Wildman–Crippen LogP) is -0.816. The van der Waals surface area contributed by atoms with Crippen LogP contribution in [0, 0.1) is 0 Å². The Morgan fingerprint density at radius 1 is 1.38 bits per heavy atom. The summed E-state index contributed by atoms with van der Waals surface area (Å²) in [4.78, 5) is 9.00. The number of amides is 2. The van der Waals surface area contributed by atoms with Gasteiger partial charge in [-0.3, -0.25) is 0 Å². The van der Waals surface area contributed by atoms with Crippen LogP contribution in [-0.2, 0) is 0 Å². The minimum absolute atomic E-state index is 0.194. The fourth-order valence-corrected chi connectivity index (χ4v) is 0. The standard InChI is InChI=1S/CH4N2O.CH3NS2/c2*2-1(3)4/h(H4,2,3,4);(H3,2,3,4). The van der Waals surface area contributed by atoms with E-state index < -0.39 is 6.03 Å². The summed E-state index contributed by atoms with van der Waals surface area (Å²) < 4.78 is 0.194. The second kappa shape index (κ2) is 6.51. The molecule has 0 radical (unpaired) electrons. The maximum Gasteiger partial charge on any atom is 0.309 e. The Balaban J connectivity index is 0. The zero-order chi connectivity index (χ0) is 7.15. The highest BCUT2D eigenvalue weighted by atomic mass is 32.1. The van der Waals surface area contributed by atoms with Crippen LogP contribution in [0.5, 0.6) is 0 Å². The van der Waals surface area contributed by atoms with E-state index in [1.807, 2.05) is 0 Å². The van der Waals surface area contributed by atoms with Crippen LogP contribution in [0.2, 0.25) is 0 Å².